The number of hydrogen-bond acceptors (Lipinski definition) is 8. The molecular formula is C33H38N6O5. The number of nitrogens with zero attached hydrogens (tertiary/aromatic N) is 3. The Morgan fingerprint density at radius 2 is 1.77 bits per heavy atom. The maximum atomic E-state index is 13.8. The van der Waals surface area contributed by atoms with E-state index in [9.17, 15) is 24.4 Å². The van der Waals surface area contributed by atoms with Crippen molar-refractivity contribution in [2.45, 2.75) is 51.2 Å². The fourth-order valence-electron chi connectivity index (χ4n) is 5.95. The van der Waals surface area contributed by atoms with Gasteiger partial charge in [0.2, 0.25) is 11.8 Å². The first-order valence-corrected chi connectivity index (χ1v) is 15.1. The molecule has 2 fully saturated rings. The van der Waals surface area contributed by atoms with Crippen molar-refractivity contribution >= 4 is 40.2 Å². The van der Waals surface area contributed by atoms with Crippen LogP contribution in [0.1, 0.15) is 58.6 Å². The zero-order chi connectivity index (χ0) is 31.2. The Labute approximate surface area is 256 Å². The SMILES string of the molecule is CNC(=O)c1cccc(C(=O)C(C#N)C(Nc2ccc3oc(C)cc3c2)N[C@H]2CCCCN(CC(=O)N3CCCC3)C2=O)c1. The van der Waals surface area contributed by atoms with Crippen LogP contribution in [0.5, 0.6) is 0 Å². The van der Waals surface area contributed by atoms with Gasteiger partial charge in [0.05, 0.1) is 18.7 Å². The van der Waals surface area contributed by atoms with Gasteiger partial charge in [0.1, 0.15) is 23.4 Å². The third-order valence-corrected chi connectivity index (χ3v) is 8.30. The number of rotatable bonds is 10. The molecule has 2 aliphatic rings. The number of likely N-dealkylation sites (tertiary alicyclic amines) is 2. The van der Waals surface area contributed by atoms with Crippen molar-refractivity contribution in [3.8, 4) is 6.07 Å². The molecule has 0 radical (unpaired) electrons. The second kappa shape index (κ2) is 13.7. The van der Waals surface area contributed by atoms with E-state index in [4.69, 9.17) is 4.42 Å². The van der Waals surface area contributed by atoms with E-state index in [0.29, 0.717) is 42.9 Å². The summed E-state index contributed by atoms with van der Waals surface area (Å²) in [5.41, 5.74) is 1.83. The second-order valence-electron chi connectivity index (χ2n) is 11.4. The van der Waals surface area contributed by atoms with Crippen LogP contribution in [0.3, 0.4) is 0 Å². The van der Waals surface area contributed by atoms with E-state index < -0.39 is 23.9 Å². The number of aryl methyl sites for hydroxylation is 1. The highest BCUT2D eigenvalue weighted by Crippen LogP contribution is 2.25. The van der Waals surface area contributed by atoms with Gasteiger partial charge in [-0.2, -0.15) is 5.26 Å². The highest BCUT2D eigenvalue weighted by atomic mass is 16.3. The Kier molecular flexibility index (Phi) is 9.60. The van der Waals surface area contributed by atoms with Crippen molar-refractivity contribution in [2.24, 2.45) is 5.92 Å². The summed E-state index contributed by atoms with van der Waals surface area (Å²) in [5.74, 6) is -1.64. The van der Waals surface area contributed by atoms with Crippen LogP contribution in [0.4, 0.5) is 5.69 Å². The maximum Gasteiger partial charge on any atom is 0.251 e. The maximum absolute atomic E-state index is 13.8. The van der Waals surface area contributed by atoms with E-state index >= 15 is 0 Å². The standard InChI is InChI=1S/C33H38N6O5/c1-21-16-24-18-25(11-12-28(24)44-21)36-31(26(19-34)30(41)22-8-7-9-23(17-22)32(42)35-2)37-27-10-3-4-15-39(33(27)43)20-29(40)38-13-5-6-14-38/h7-9,11-12,16-18,26-27,31,36-37H,3-6,10,13-15,20H2,1-2H3,(H,35,42)/t26?,27-,31?/m0/s1. The van der Waals surface area contributed by atoms with Gasteiger partial charge < -0.3 is 24.9 Å². The van der Waals surface area contributed by atoms with Crippen LogP contribution < -0.4 is 16.0 Å². The molecule has 3 heterocycles. The van der Waals surface area contributed by atoms with Crippen molar-refractivity contribution in [3.05, 3.63) is 65.4 Å². The minimum atomic E-state index is -1.26. The molecule has 3 aromatic rings. The molecule has 230 valence electrons. The number of benzene rings is 2. The molecule has 0 aliphatic carbocycles. The van der Waals surface area contributed by atoms with Crippen molar-refractivity contribution < 1.29 is 23.6 Å². The Morgan fingerprint density at radius 3 is 2.52 bits per heavy atom. The van der Waals surface area contributed by atoms with Crippen LogP contribution in [0.25, 0.3) is 11.0 Å². The number of fused-ring (bicyclic) bond motifs is 1. The lowest BCUT2D eigenvalue weighted by Crippen LogP contribution is -2.55. The first-order chi connectivity index (χ1) is 21.3. The second-order valence-corrected chi connectivity index (χ2v) is 11.4. The summed E-state index contributed by atoms with van der Waals surface area (Å²) in [4.78, 5) is 56.2. The van der Waals surface area contributed by atoms with Gasteiger partial charge in [0.15, 0.2) is 5.78 Å². The minimum absolute atomic E-state index is 0.0124. The highest BCUT2D eigenvalue weighted by Gasteiger charge is 2.36. The fourth-order valence-corrected chi connectivity index (χ4v) is 5.95. The van der Waals surface area contributed by atoms with E-state index in [2.05, 4.69) is 22.0 Å². The van der Waals surface area contributed by atoms with Crippen LogP contribution in [-0.4, -0.2) is 78.7 Å². The zero-order valence-corrected chi connectivity index (χ0v) is 25.1. The van der Waals surface area contributed by atoms with Crippen LogP contribution in [0.15, 0.2) is 52.9 Å². The number of carbonyl (C=O) groups excluding carboxylic acids is 4. The number of hydrogen-bond donors (Lipinski definition) is 3. The molecule has 44 heavy (non-hydrogen) atoms. The van der Waals surface area contributed by atoms with Crippen molar-refractivity contribution in [2.75, 3.05) is 38.5 Å². The summed E-state index contributed by atoms with van der Waals surface area (Å²) in [7, 11) is 1.50. The largest absolute Gasteiger partial charge is 0.461 e. The molecule has 3 amide bonds. The number of furan rings is 1. The molecule has 11 heteroatoms. The van der Waals surface area contributed by atoms with Crippen LogP contribution in [0, 0.1) is 24.2 Å². The molecule has 0 saturated carbocycles. The highest BCUT2D eigenvalue weighted by molar-refractivity contribution is 6.03. The lowest BCUT2D eigenvalue weighted by Gasteiger charge is -2.31. The van der Waals surface area contributed by atoms with Crippen LogP contribution in [0.2, 0.25) is 0 Å². The van der Waals surface area contributed by atoms with E-state index in [1.54, 1.807) is 40.1 Å². The number of ketones is 1. The Balaban J connectivity index is 1.43. The third-order valence-electron chi connectivity index (χ3n) is 8.30. The molecule has 2 aromatic carbocycles. The van der Waals surface area contributed by atoms with E-state index in [0.717, 1.165) is 36.8 Å². The van der Waals surface area contributed by atoms with Gasteiger partial charge in [-0.05, 0) is 75.4 Å². The molecular weight excluding hydrogens is 560 g/mol. The number of anilines is 1. The van der Waals surface area contributed by atoms with Crippen LogP contribution >= 0.6 is 0 Å². The Bertz CT molecular complexity index is 1590. The molecule has 1 aromatic heterocycles. The molecule has 11 nitrogen and oxygen atoms in total. The summed E-state index contributed by atoms with van der Waals surface area (Å²) in [6.45, 7) is 3.76. The van der Waals surface area contributed by atoms with E-state index in [1.807, 2.05) is 19.1 Å². The number of nitrogens with one attached hydrogen (secondary N) is 3. The normalized spacial score (nSPS) is 18.4. The van der Waals surface area contributed by atoms with E-state index in [1.165, 1.54) is 13.1 Å². The molecule has 2 aliphatic heterocycles. The molecule has 3 atom stereocenters. The Hall–Kier alpha value is -4.69. The number of Topliss-reactive ketones (excluding diaryl/α,β-unsaturated/α-hetero) is 1. The van der Waals surface area contributed by atoms with Gasteiger partial charge >= 0.3 is 0 Å². The summed E-state index contributed by atoms with van der Waals surface area (Å²) < 4.78 is 5.70. The summed E-state index contributed by atoms with van der Waals surface area (Å²) in [6, 6.07) is 15.0. The Morgan fingerprint density at radius 1 is 1.02 bits per heavy atom. The summed E-state index contributed by atoms with van der Waals surface area (Å²) in [6.07, 6.45) is 2.95. The predicted octanol–water partition coefficient (Wildman–Crippen LogP) is 3.45. The lowest BCUT2D eigenvalue weighted by molar-refractivity contribution is -0.140. The van der Waals surface area contributed by atoms with Gasteiger partial charge in [0, 0.05) is 48.9 Å². The predicted molar refractivity (Wildman–Crippen MR) is 165 cm³/mol. The van der Waals surface area contributed by atoms with Crippen molar-refractivity contribution in [3.63, 3.8) is 0 Å². The van der Waals surface area contributed by atoms with Gasteiger partial charge in [-0.3, -0.25) is 24.5 Å². The van der Waals surface area contributed by atoms with Crippen molar-refractivity contribution in [1.82, 2.24) is 20.4 Å². The molecule has 2 unspecified atom stereocenters. The molecule has 5 rings (SSSR count). The monoisotopic (exact) mass is 598 g/mol. The van der Waals surface area contributed by atoms with Crippen LogP contribution in [-0.2, 0) is 9.59 Å². The van der Waals surface area contributed by atoms with Gasteiger partial charge in [-0.25, -0.2) is 0 Å². The summed E-state index contributed by atoms with van der Waals surface area (Å²) >= 11 is 0. The third kappa shape index (κ3) is 6.92. The first-order valence-electron chi connectivity index (χ1n) is 15.1. The van der Waals surface area contributed by atoms with Gasteiger partial charge in [0.25, 0.3) is 5.91 Å². The average Bonchev–Trinajstić information content (AvgIpc) is 3.67. The smallest absolute Gasteiger partial charge is 0.251 e. The molecule has 2 saturated heterocycles. The average molecular weight is 599 g/mol. The lowest BCUT2D eigenvalue weighted by atomic mass is 9.93. The first kappa shape index (κ1) is 30.8. The molecule has 3 N–H and O–H groups in total. The number of carbonyl (C=O) groups is 4. The van der Waals surface area contributed by atoms with Crippen molar-refractivity contribution in [1.29, 1.82) is 5.26 Å². The fraction of sp³-hybridized carbons (Fsp3) is 0.424. The minimum Gasteiger partial charge on any atom is -0.461 e. The summed E-state index contributed by atoms with van der Waals surface area (Å²) in [5, 5.41) is 20.3. The van der Waals surface area contributed by atoms with Gasteiger partial charge in [-0.1, -0.05) is 12.1 Å². The topological polar surface area (TPSA) is 148 Å². The quantitative estimate of drug-likeness (QED) is 0.238. The number of amides is 3. The zero-order valence-electron chi connectivity index (χ0n) is 25.1. The van der Waals surface area contributed by atoms with E-state index in [-0.39, 0.29) is 29.8 Å². The molecule has 0 spiro atoms. The number of nitriles is 1. The molecule has 0 bridgehead atoms. The van der Waals surface area contributed by atoms with Gasteiger partial charge in [-0.15, -0.1) is 0 Å².